The molecule has 0 atom stereocenters. The maximum absolute atomic E-state index is 11.9. The smallest absolute Gasteiger partial charge is 0.253 e. The van der Waals surface area contributed by atoms with E-state index in [1.807, 2.05) is 13.8 Å². The van der Waals surface area contributed by atoms with Crippen LogP contribution in [-0.4, -0.2) is 24.2 Å². The second-order valence-corrected chi connectivity index (χ2v) is 7.20. The molecule has 1 heterocycles. The van der Waals surface area contributed by atoms with Crippen LogP contribution in [0.1, 0.15) is 37.0 Å². The van der Waals surface area contributed by atoms with Crippen molar-refractivity contribution in [3.05, 3.63) is 20.3 Å². The van der Waals surface area contributed by atoms with Gasteiger partial charge in [0.25, 0.3) is 5.91 Å². The lowest BCUT2D eigenvalue weighted by Gasteiger charge is -2.24. The van der Waals surface area contributed by atoms with Gasteiger partial charge in [-0.05, 0) is 24.3 Å². The van der Waals surface area contributed by atoms with Crippen molar-refractivity contribution >= 4 is 40.4 Å². The number of rotatable bonds is 6. The first kappa shape index (κ1) is 15.8. The number of halogens is 2. The normalized spacial score (nSPS) is 11.6. The Balaban J connectivity index is 2.53. The van der Waals surface area contributed by atoms with Gasteiger partial charge in [0.15, 0.2) is 0 Å². The Morgan fingerprint density at radius 3 is 2.67 bits per heavy atom. The Morgan fingerprint density at radius 1 is 1.50 bits per heavy atom. The van der Waals surface area contributed by atoms with Gasteiger partial charge in [-0.1, -0.05) is 37.0 Å². The van der Waals surface area contributed by atoms with E-state index in [9.17, 15) is 4.79 Å². The highest BCUT2D eigenvalue weighted by atomic mass is 35.5. The number of nitrogens with one attached hydrogen (secondary N) is 1. The standard InChI is InChI=1S/C12H17Cl2NO2S/c1-12(2,4-3-5-16)7-15-11(17)8-6-9(13)18-10(8)14/h6,16H,3-5,7H2,1-2H3,(H,15,17). The molecule has 0 aromatic carbocycles. The SMILES string of the molecule is CC(C)(CCCO)CNC(=O)c1cc(Cl)sc1Cl. The maximum atomic E-state index is 11.9. The molecule has 0 aliphatic rings. The molecule has 0 aliphatic heterocycles. The Bertz CT molecular complexity index is 418. The van der Waals surface area contributed by atoms with Gasteiger partial charge in [-0.25, -0.2) is 0 Å². The molecule has 1 aromatic heterocycles. The van der Waals surface area contributed by atoms with E-state index in [0.29, 0.717) is 20.8 Å². The summed E-state index contributed by atoms with van der Waals surface area (Å²) >= 11 is 12.9. The quantitative estimate of drug-likeness (QED) is 0.843. The number of amides is 1. The zero-order valence-electron chi connectivity index (χ0n) is 10.4. The Morgan fingerprint density at radius 2 is 2.17 bits per heavy atom. The van der Waals surface area contributed by atoms with Crippen LogP contribution in [0.15, 0.2) is 6.07 Å². The van der Waals surface area contributed by atoms with E-state index in [2.05, 4.69) is 5.32 Å². The topological polar surface area (TPSA) is 49.3 Å². The summed E-state index contributed by atoms with van der Waals surface area (Å²) in [5, 5.41) is 11.7. The van der Waals surface area contributed by atoms with Crippen LogP contribution in [0.5, 0.6) is 0 Å². The molecule has 18 heavy (non-hydrogen) atoms. The minimum atomic E-state index is -0.208. The van der Waals surface area contributed by atoms with Gasteiger partial charge in [0.05, 0.1) is 9.90 Å². The summed E-state index contributed by atoms with van der Waals surface area (Å²) in [4.78, 5) is 11.9. The molecule has 0 spiro atoms. The Labute approximate surface area is 121 Å². The molecule has 0 saturated heterocycles. The fourth-order valence-corrected chi connectivity index (χ4v) is 3.01. The fourth-order valence-electron chi connectivity index (χ4n) is 1.56. The van der Waals surface area contributed by atoms with Crippen molar-refractivity contribution in [1.29, 1.82) is 0 Å². The third-order valence-electron chi connectivity index (χ3n) is 2.64. The average Bonchev–Trinajstić information content (AvgIpc) is 2.63. The van der Waals surface area contributed by atoms with E-state index in [0.717, 1.165) is 12.8 Å². The van der Waals surface area contributed by atoms with Crippen LogP contribution in [0.4, 0.5) is 0 Å². The molecule has 6 heteroatoms. The Kier molecular flexibility index (Phi) is 5.92. The zero-order valence-corrected chi connectivity index (χ0v) is 12.8. The molecule has 2 N–H and O–H groups in total. The molecule has 0 aliphatic carbocycles. The van der Waals surface area contributed by atoms with E-state index in [1.165, 1.54) is 11.3 Å². The highest BCUT2D eigenvalue weighted by Crippen LogP contribution is 2.31. The van der Waals surface area contributed by atoms with Crippen LogP contribution in [0.25, 0.3) is 0 Å². The van der Waals surface area contributed by atoms with E-state index in [-0.39, 0.29) is 17.9 Å². The molecular weight excluding hydrogens is 293 g/mol. The second-order valence-electron chi connectivity index (χ2n) is 4.91. The predicted octanol–water partition coefficient (Wildman–Crippen LogP) is 3.58. The molecule has 0 radical (unpaired) electrons. The summed E-state index contributed by atoms with van der Waals surface area (Å²) in [7, 11) is 0. The van der Waals surface area contributed by atoms with Crippen LogP contribution >= 0.6 is 34.5 Å². The third-order valence-corrected chi connectivity index (χ3v) is 4.13. The lowest BCUT2D eigenvalue weighted by Crippen LogP contribution is -2.34. The summed E-state index contributed by atoms with van der Waals surface area (Å²) in [6.45, 7) is 4.80. The van der Waals surface area contributed by atoms with Gasteiger partial charge in [-0.3, -0.25) is 4.79 Å². The van der Waals surface area contributed by atoms with Crippen LogP contribution in [0, 0.1) is 5.41 Å². The number of aliphatic hydroxyl groups is 1. The van der Waals surface area contributed by atoms with Gasteiger partial charge in [0.1, 0.15) is 4.34 Å². The van der Waals surface area contributed by atoms with Crippen LogP contribution in [0.3, 0.4) is 0 Å². The molecule has 0 unspecified atom stereocenters. The van der Waals surface area contributed by atoms with E-state index >= 15 is 0 Å². The monoisotopic (exact) mass is 309 g/mol. The highest BCUT2D eigenvalue weighted by molar-refractivity contribution is 7.20. The molecule has 3 nitrogen and oxygen atoms in total. The summed E-state index contributed by atoms with van der Waals surface area (Å²) in [6, 6.07) is 1.57. The van der Waals surface area contributed by atoms with E-state index < -0.39 is 0 Å². The van der Waals surface area contributed by atoms with E-state index in [1.54, 1.807) is 6.07 Å². The van der Waals surface area contributed by atoms with Crippen LogP contribution in [-0.2, 0) is 0 Å². The average molecular weight is 310 g/mol. The largest absolute Gasteiger partial charge is 0.396 e. The van der Waals surface area contributed by atoms with Crippen molar-refractivity contribution < 1.29 is 9.90 Å². The van der Waals surface area contributed by atoms with Crippen LogP contribution in [0.2, 0.25) is 8.67 Å². The number of hydrogen-bond donors (Lipinski definition) is 2. The number of thiophene rings is 1. The summed E-state index contributed by atoms with van der Waals surface area (Å²) in [6.07, 6.45) is 1.58. The summed E-state index contributed by atoms with van der Waals surface area (Å²) in [5.74, 6) is -0.208. The van der Waals surface area contributed by atoms with Crippen molar-refractivity contribution in [1.82, 2.24) is 5.32 Å². The first-order valence-electron chi connectivity index (χ1n) is 5.69. The first-order chi connectivity index (χ1) is 8.35. The van der Waals surface area contributed by atoms with Crippen molar-refractivity contribution in [2.45, 2.75) is 26.7 Å². The minimum Gasteiger partial charge on any atom is -0.396 e. The van der Waals surface area contributed by atoms with Gasteiger partial charge in [-0.2, -0.15) is 0 Å². The first-order valence-corrected chi connectivity index (χ1v) is 7.27. The van der Waals surface area contributed by atoms with Crippen molar-refractivity contribution in [3.63, 3.8) is 0 Å². The molecule has 0 saturated carbocycles. The van der Waals surface area contributed by atoms with Gasteiger partial charge in [0, 0.05) is 13.2 Å². The Hall–Kier alpha value is -0.290. The molecule has 1 rings (SSSR count). The zero-order chi connectivity index (χ0) is 13.8. The molecule has 102 valence electrons. The fraction of sp³-hybridized carbons (Fsp3) is 0.583. The lowest BCUT2D eigenvalue weighted by molar-refractivity contribution is 0.0933. The number of carbonyl (C=O) groups is 1. The maximum Gasteiger partial charge on any atom is 0.253 e. The van der Waals surface area contributed by atoms with Crippen molar-refractivity contribution in [2.75, 3.05) is 13.2 Å². The van der Waals surface area contributed by atoms with Crippen LogP contribution < -0.4 is 5.32 Å². The number of hydrogen-bond acceptors (Lipinski definition) is 3. The van der Waals surface area contributed by atoms with Gasteiger partial charge in [-0.15, -0.1) is 11.3 Å². The molecule has 0 bridgehead atoms. The third kappa shape index (κ3) is 4.76. The minimum absolute atomic E-state index is 0.0509. The molecule has 0 fully saturated rings. The summed E-state index contributed by atoms with van der Waals surface area (Å²) < 4.78 is 0.912. The molecular formula is C12H17Cl2NO2S. The van der Waals surface area contributed by atoms with Crippen molar-refractivity contribution in [3.8, 4) is 0 Å². The number of carbonyl (C=O) groups excluding carboxylic acids is 1. The summed E-state index contributed by atoms with van der Waals surface area (Å²) in [5.41, 5.74) is 0.370. The van der Waals surface area contributed by atoms with Gasteiger partial charge >= 0.3 is 0 Å². The van der Waals surface area contributed by atoms with Crippen molar-refractivity contribution in [2.24, 2.45) is 5.41 Å². The van der Waals surface area contributed by atoms with E-state index in [4.69, 9.17) is 28.3 Å². The second kappa shape index (κ2) is 6.75. The lowest BCUT2D eigenvalue weighted by atomic mass is 9.88. The van der Waals surface area contributed by atoms with Gasteiger partial charge < -0.3 is 10.4 Å². The molecule has 1 amide bonds. The highest BCUT2D eigenvalue weighted by Gasteiger charge is 2.20. The molecule has 1 aromatic rings. The van der Waals surface area contributed by atoms with Gasteiger partial charge in [0.2, 0.25) is 0 Å². The predicted molar refractivity (Wildman–Crippen MR) is 76.8 cm³/mol. The number of aliphatic hydroxyl groups excluding tert-OH is 1.